The lowest BCUT2D eigenvalue weighted by Crippen LogP contribution is -2.28. The summed E-state index contributed by atoms with van der Waals surface area (Å²) in [5, 5.41) is 3.10. The number of aromatic nitrogens is 2. The number of nitrogens with one attached hydrogen (secondary N) is 1. The predicted molar refractivity (Wildman–Crippen MR) is 58.7 cm³/mol. The molecule has 0 radical (unpaired) electrons. The third-order valence-corrected chi connectivity index (χ3v) is 2.01. The van der Waals surface area contributed by atoms with E-state index in [9.17, 15) is 0 Å². The molecule has 1 rings (SSSR count). The van der Waals surface area contributed by atoms with Crippen LogP contribution in [0.15, 0.2) is 6.07 Å². The molecule has 0 aromatic carbocycles. The highest BCUT2D eigenvalue weighted by molar-refractivity contribution is 5.30. The Kier molecular flexibility index (Phi) is 3.83. The number of anilines is 1. The number of aryl methyl sites for hydroxylation is 2. The van der Waals surface area contributed by atoms with Crippen LogP contribution in [0, 0.1) is 13.8 Å². The second-order valence-corrected chi connectivity index (χ2v) is 3.48. The Morgan fingerprint density at radius 1 is 1.29 bits per heavy atom. The smallest absolute Gasteiger partial charge is 0.225 e. The molecule has 78 valence electrons. The Morgan fingerprint density at radius 2 is 1.86 bits per heavy atom. The van der Waals surface area contributed by atoms with Gasteiger partial charge in [0.25, 0.3) is 0 Å². The van der Waals surface area contributed by atoms with E-state index in [1.165, 1.54) is 0 Å². The van der Waals surface area contributed by atoms with Crippen LogP contribution >= 0.6 is 0 Å². The Morgan fingerprint density at radius 3 is 2.36 bits per heavy atom. The van der Waals surface area contributed by atoms with E-state index in [2.05, 4.69) is 20.2 Å². The molecule has 0 aliphatic carbocycles. The lowest BCUT2D eigenvalue weighted by molar-refractivity contribution is 0.749. The molecule has 0 spiro atoms. The van der Waals surface area contributed by atoms with Crippen molar-refractivity contribution in [1.29, 1.82) is 0 Å². The largest absolute Gasteiger partial charge is 0.343 e. The van der Waals surface area contributed by atoms with Gasteiger partial charge in [-0.05, 0) is 27.0 Å². The average molecular weight is 194 g/mol. The van der Waals surface area contributed by atoms with Gasteiger partial charge in [-0.2, -0.15) is 0 Å². The van der Waals surface area contributed by atoms with Crippen LogP contribution in [0.1, 0.15) is 11.4 Å². The summed E-state index contributed by atoms with van der Waals surface area (Å²) in [5.41, 5.74) is 2.03. The summed E-state index contributed by atoms with van der Waals surface area (Å²) in [6, 6.07) is 1.98. The normalized spacial score (nSPS) is 10.3. The zero-order valence-electron chi connectivity index (χ0n) is 9.33. The van der Waals surface area contributed by atoms with E-state index < -0.39 is 0 Å². The molecule has 1 aromatic rings. The number of likely N-dealkylation sites (N-methyl/N-ethyl adjacent to an activating group) is 2. The standard InChI is InChI=1S/C10H18N4/c1-8-7-9(2)13-10(12-8)14(4)6-5-11-3/h7,11H,5-6H2,1-4H3. The van der Waals surface area contributed by atoms with Crippen molar-refractivity contribution in [3.63, 3.8) is 0 Å². The van der Waals surface area contributed by atoms with Gasteiger partial charge in [-0.3, -0.25) is 0 Å². The van der Waals surface area contributed by atoms with Gasteiger partial charge in [-0.1, -0.05) is 0 Å². The lowest BCUT2D eigenvalue weighted by Gasteiger charge is -2.17. The maximum atomic E-state index is 4.37. The van der Waals surface area contributed by atoms with E-state index in [0.29, 0.717) is 0 Å². The molecular formula is C10H18N4. The molecule has 1 heterocycles. The fourth-order valence-corrected chi connectivity index (χ4v) is 1.26. The maximum Gasteiger partial charge on any atom is 0.225 e. The summed E-state index contributed by atoms with van der Waals surface area (Å²) in [7, 11) is 3.95. The van der Waals surface area contributed by atoms with Gasteiger partial charge < -0.3 is 10.2 Å². The first-order chi connectivity index (χ1) is 6.63. The van der Waals surface area contributed by atoms with Crippen molar-refractivity contribution in [3.05, 3.63) is 17.5 Å². The summed E-state index contributed by atoms with van der Waals surface area (Å²) in [6.07, 6.45) is 0. The molecule has 0 amide bonds. The topological polar surface area (TPSA) is 41.0 Å². The predicted octanol–water partition coefficient (Wildman–Crippen LogP) is 0.749. The minimum Gasteiger partial charge on any atom is -0.343 e. The maximum absolute atomic E-state index is 4.37. The molecule has 4 nitrogen and oxygen atoms in total. The van der Waals surface area contributed by atoms with Crippen LogP contribution in [-0.4, -0.2) is 37.2 Å². The molecular weight excluding hydrogens is 176 g/mol. The number of nitrogens with zero attached hydrogens (tertiary/aromatic N) is 3. The van der Waals surface area contributed by atoms with Crippen LogP contribution in [-0.2, 0) is 0 Å². The molecule has 0 atom stereocenters. The molecule has 0 fully saturated rings. The quantitative estimate of drug-likeness (QED) is 0.768. The van der Waals surface area contributed by atoms with Crippen molar-refractivity contribution < 1.29 is 0 Å². The molecule has 0 unspecified atom stereocenters. The van der Waals surface area contributed by atoms with Gasteiger partial charge in [0.1, 0.15) is 0 Å². The van der Waals surface area contributed by atoms with Crippen LogP contribution < -0.4 is 10.2 Å². The van der Waals surface area contributed by atoms with E-state index in [4.69, 9.17) is 0 Å². The monoisotopic (exact) mass is 194 g/mol. The van der Waals surface area contributed by atoms with E-state index in [-0.39, 0.29) is 0 Å². The van der Waals surface area contributed by atoms with E-state index in [1.807, 2.05) is 34.0 Å². The minimum absolute atomic E-state index is 0.803. The molecule has 4 heteroatoms. The van der Waals surface area contributed by atoms with E-state index in [0.717, 1.165) is 30.4 Å². The van der Waals surface area contributed by atoms with Crippen LogP contribution in [0.2, 0.25) is 0 Å². The van der Waals surface area contributed by atoms with Gasteiger partial charge >= 0.3 is 0 Å². The van der Waals surface area contributed by atoms with Crippen LogP contribution in [0.25, 0.3) is 0 Å². The van der Waals surface area contributed by atoms with Crippen molar-refractivity contribution in [1.82, 2.24) is 15.3 Å². The Hall–Kier alpha value is -1.16. The molecule has 0 saturated heterocycles. The third-order valence-electron chi connectivity index (χ3n) is 2.01. The first-order valence-electron chi connectivity index (χ1n) is 4.81. The number of rotatable bonds is 4. The highest BCUT2D eigenvalue weighted by Crippen LogP contribution is 2.07. The Labute approximate surface area is 85.4 Å². The van der Waals surface area contributed by atoms with E-state index in [1.54, 1.807) is 0 Å². The first kappa shape index (κ1) is 10.9. The average Bonchev–Trinajstić information content (AvgIpc) is 2.12. The second kappa shape index (κ2) is 4.91. The summed E-state index contributed by atoms with van der Waals surface area (Å²) in [4.78, 5) is 10.8. The van der Waals surface area contributed by atoms with Gasteiger partial charge in [0.15, 0.2) is 0 Å². The van der Waals surface area contributed by atoms with Crippen molar-refractivity contribution in [3.8, 4) is 0 Å². The van der Waals surface area contributed by atoms with Gasteiger partial charge in [0, 0.05) is 31.5 Å². The summed E-state index contributed by atoms with van der Waals surface area (Å²) >= 11 is 0. The highest BCUT2D eigenvalue weighted by Gasteiger charge is 2.04. The fraction of sp³-hybridized carbons (Fsp3) is 0.600. The summed E-state index contributed by atoms with van der Waals surface area (Å²) < 4.78 is 0. The molecule has 1 N–H and O–H groups in total. The van der Waals surface area contributed by atoms with E-state index >= 15 is 0 Å². The van der Waals surface area contributed by atoms with Crippen LogP contribution in [0.5, 0.6) is 0 Å². The lowest BCUT2D eigenvalue weighted by atomic mass is 10.3. The molecule has 1 aromatic heterocycles. The molecule has 14 heavy (non-hydrogen) atoms. The molecule has 0 saturated carbocycles. The minimum atomic E-state index is 0.803. The van der Waals surface area contributed by atoms with Gasteiger partial charge in [0.05, 0.1) is 0 Å². The van der Waals surface area contributed by atoms with Gasteiger partial charge in [-0.15, -0.1) is 0 Å². The highest BCUT2D eigenvalue weighted by atomic mass is 15.2. The zero-order chi connectivity index (χ0) is 10.6. The van der Waals surface area contributed by atoms with Gasteiger partial charge in [0.2, 0.25) is 5.95 Å². The van der Waals surface area contributed by atoms with Crippen molar-refractivity contribution in [2.45, 2.75) is 13.8 Å². The van der Waals surface area contributed by atoms with Crippen molar-refractivity contribution in [2.24, 2.45) is 0 Å². The van der Waals surface area contributed by atoms with Crippen LogP contribution in [0.4, 0.5) is 5.95 Å². The molecule has 0 aliphatic heterocycles. The Bertz CT molecular complexity index is 278. The first-order valence-corrected chi connectivity index (χ1v) is 4.81. The van der Waals surface area contributed by atoms with Crippen molar-refractivity contribution in [2.75, 3.05) is 32.1 Å². The second-order valence-electron chi connectivity index (χ2n) is 3.48. The third kappa shape index (κ3) is 2.96. The summed E-state index contributed by atoms with van der Waals surface area (Å²) in [6.45, 7) is 5.83. The fourth-order valence-electron chi connectivity index (χ4n) is 1.26. The molecule has 0 aliphatic rings. The Balaban J connectivity index is 2.73. The summed E-state index contributed by atoms with van der Waals surface area (Å²) in [5.74, 6) is 0.803. The number of hydrogen-bond donors (Lipinski definition) is 1. The van der Waals surface area contributed by atoms with Gasteiger partial charge in [-0.25, -0.2) is 9.97 Å². The molecule has 0 bridgehead atoms. The zero-order valence-corrected chi connectivity index (χ0v) is 9.33. The van der Waals surface area contributed by atoms with Crippen molar-refractivity contribution >= 4 is 5.95 Å². The van der Waals surface area contributed by atoms with Crippen LogP contribution in [0.3, 0.4) is 0 Å². The number of hydrogen-bond acceptors (Lipinski definition) is 4. The SMILES string of the molecule is CNCCN(C)c1nc(C)cc(C)n1.